The maximum absolute atomic E-state index is 6.23. The molecule has 1 aliphatic heterocycles. The van der Waals surface area contributed by atoms with Crippen LogP contribution < -0.4 is 15.4 Å². The van der Waals surface area contributed by atoms with Crippen LogP contribution in [0.1, 0.15) is 50.6 Å². The number of nitrogens with zero attached hydrogens (tertiary/aromatic N) is 1. The quantitative estimate of drug-likeness (QED) is 0.917. The van der Waals surface area contributed by atoms with E-state index in [1.165, 1.54) is 43.4 Å². The Morgan fingerprint density at radius 2 is 2.05 bits per heavy atom. The molecule has 0 bridgehead atoms. The smallest absolute Gasteiger partial charge is 0.125 e. The van der Waals surface area contributed by atoms with E-state index < -0.39 is 0 Å². The van der Waals surface area contributed by atoms with Gasteiger partial charge in [-0.1, -0.05) is 12.5 Å². The average Bonchev–Trinajstić information content (AvgIpc) is 2.94. The van der Waals surface area contributed by atoms with Crippen LogP contribution in [0.4, 0.5) is 5.69 Å². The molecule has 20 heavy (non-hydrogen) atoms. The van der Waals surface area contributed by atoms with Crippen LogP contribution in [-0.4, -0.2) is 19.7 Å². The summed E-state index contributed by atoms with van der Waals surface area (Å²) < 4.78 is 5.54. The SMILES string of the molecule is COc1cccc(N2CCCC3CCCC32)c1[C@H](C)N. The highest BCUT2D eigenvalue weighted by Crippen LogP contribution is 2.42. The van der Waals surface area contributed by atoms with Gasteiger partial charge in [-0.05, 0) is 50.7 Å². The molecule has 3 nitrogen and oxygen atoms in total. The molecule has 1 aromatic rings. The highest BCUT2D eigenvalue weighted by molar-refractivity contribution is 5.61. The summed E-state index contributed by atoms with van der Waals surface area (Å²) in [4.78, 5) is 2.61. The lowest BCUT2D eigenvalue weighted by atomic mass is 9.90. The van der Waals surface area contributed by atoms with Gasteiger partial charge in [-0.25, -0.2) is 0 Å². The van der Waals surface area contributed by atoms with Crippen molar-refractivity contribution >= 4 is 5.69 Å². The Hall–Kier alpha value is -1.22. The van der Waals surface area contributed by atoms with Crippen molar-refractivity contribution in [3.05, 3.63) is 23.8 Å². The second-order valence-electron chi connectivity index (χ2n) is 6.28. The number of fused-ring (bicyclic) bond motifs is 1. The normalized spacial score (nSPS) is 27.2. The van der Waals surface area contributed by atoms with E-state index in [1.807, 2.05) is 6.07 Å². The van der Waals surface area contributed by atoms with Crippen LogP contribution in [0.5, 0.6) is 5.75 Å². The molecule has 0 amide bonds. The summed E-state index contributed by atoms with van der Waals surface area (Å²) in [6.45, 7) is 3.21. The first kappa shape index (κ1) is 13.7. The summed E-state index contributed by atoms with van der Waals surface area (Å²) in [5.74, 6) is 1.81. The Morgan fingerprint density at radius 1 is 1.25 bits per heavy atom. The molecule has 2 aliphatic rings. The van der Waals surface area contributed by atoms with E-state index in [2.05, 4.69) is 24.0 Å². The fourth-order valence-corrected chi connectivity index (χ4v) is 4.17. The summed E-state index contributed by atoms with van der Waals surface area (Å²) in [5, 5.41) is 0. The van der Waals surface area contributed by atoms with E-state index in [9.17, 15) is 0 Å². The number of piperidine rings is 1. The fraction of sp³-hybridized carbons (Fsp3) is 0.647. The number of rotatable bonds is 3. The second kappa shape index (κ2) is 5.65. The third-order valence-electron chi connectivity index (χ3n) is 5.02. The van der Waals surface area contributed by atoms with Gasteiger partial charge in [0.25, 0.3) is 0 Å². The first-order valence-corrected chi connectivity index (χ1v) is 7.91. The topological polar surface area (TPSA) is 38.5 Å². The number of benzene rings is 1. The zero-order chi connectivity index (χ0) is 14.1. The number of methoxy groups -OCH3 is 1. The minimum atomic E-state index is 0.00271. The van der Waals surface area contributed by atoms with Crippen LogP contribution in [0.3, 0.4) is 0 Å². The molecule has 2 fully saturated rings. The van der Waals surface area contributed by atoms with Crippen LogP contribution in [-0.2, 0) is 0 Å². The molecule has 0 spiro atoms. The summed E-state index contributed by atoms with van der Waals surface area (Å²) in [5.41, 5.74) is 8.70. The third kappa shape index (κ3) is 2.28. The molecule has 3 heteroatoms. The van der Waals surface area contributed by atoms with Crippen LogP contribution >= 0.6 is 0 Å². The van der Waals surface area contributed by atoms with Gasteiger partial charge in [-0.15, -0.1) is 0 Å². The Kier molecular flexibility index (Phi) is 3.88. The molecule has 1 saturated carbocycles. The highest BCUT2D eigenvalue weighted by Gasteiger charge is 2.36. The van der Waals surface area contributed by atoms with Gasteiger partial charge in [0.1, 0.15) is 5.75 Å². The first-order valence-electron chi connectivity index (χ1n) is 7.91. The standard InChI is InChI=1S/C17H26N2O/c1-12(18)17-15(9-4-10-16(17)20-2)19-11-5-7-13-6-3-8-14(13)19/h4,9-10,12-14H,3,5-8,11,18H2,1-2H3/t12-,13?,14?/m0/s1. The van der Waals surface area contributed by atoms with E-state index in [0.717, 1.165) is 18.2 Å². The maximum Gasteiger partial charge on any atom is 0.125 e. The molecule has 1 aromatic carbocycles. The predicted octanol–water partition coefficient (Wildman–Crippen LogP) is 3.48. The van der Waals surface area contributed by atoms with E-state index in [0.29, 0.717) is 6.04 Å². The molecule has 0 aromatic heterocycles. The maximum atomic E-state index is 6.23. The largest absolute Gasteiger partial charge is 0.496 e. The van der Waals surface area contributed by atoms with E-state index in [-0.39, 0.29) is 6.04 Å². The van der Waals surface area contributed by atoms with E-state index >= 15 is 0 Å². The van der Waals surface area contributed by atoms with Crippen molar-refractivity contribution in [2.24, 2.45) is 11.7 Å². The lowest BCUT2D eigenvalue weighted by Gasteiger charge is -2.41. The zero-order valence-corrected chi connectivity index (χ0v) is 12.6. The van der Waals surface area contributed by atoms with Gasteiger partial charge in [0.2, 0.25) is 0 Å². The molecule has 1 heterocycles. The van der Waals surface area contributed by atoms with Gasteiger partial charge in [-0.2, -0.15) is 0 Å². The van der Waals surface area contributed by atoms with E-state index in [1.54, 1.807) is 7.11 Å². The van der Waals surface area contributed by atoms with Gasteiger partial charge in [0.15, 0.2) is 0 Å². The predicted molar refractivity (Wildman–Crippen MR) is 83.3 cm³/mol. The molecule has 2 unspecified atom stereocenters. The zero-order valence-electron chi connectivity index (χ0n) is 12.6. The minimum absolute atomic E-state index is 0.00271. The van der Waals surface area contributed by atoms with Crippen molar-refractivity contribution in [3.63, 3.8) is 0 Å². The van der Waals surface area contributed by atoms with Crippen LogP contribution in [0.25, 0.3) is 0 Å². The van der Waals surface area contributed by atoms with Gasteiger partial charge in [0, 0.05) is 29.9 Å². The Bertz CT molecular complexity index is 472. The van der Waals surface area contributed by atoms with Gasteiger partial charge in [0.05, 0.1) is 7.11 Å². The first-order chi connectivity index (χ1) is 9.72. The van der Waals surface area contributed by atoms with Crippen LogP contribution in [0.15, 0.2) is 18.2 Å². The number of hydrogen-bond donors (Lipinski definition) is 1. The summed E-state index contributed by atoms with van der Waals surface area (Å²) >= 11 is 0. The molecule has 3 atom stereocenters. The van der Waals surface area contributed by atoms with Gasteiger partial charge < -0.3 is 15.4 Å². The Morgan fingerprint density at radius 3 is 2.80 bits per heavy atom. The number of hydrogen-bond acceptors (Lipinski definition) is 3. The lowest BCUT2D eigenvalue weighted by Crippen LogP contribution is -2.43. The van der Waals surface area contributed by atoms with Crippen molar-refractivity contribution in [2.75, 3.05) is 18.6 Å². The van der Waals surface area contributed by atoms with Crippen molar-refractivity contribution in [1.82, 2.24) is 0 Å². The van der Waals surface area contributed by atoms with Gasteiger partial charge >= 0.3 is 0 Å². The molecule has 2 N–H and O–H groups in total. The second-order valence-corrected chi connectivity index (χ2v) is 6.28. The monoisotopic (exact) mass is 274 g/mol. The molecule has 1 saturated heterocycles. The fourth-order valence-electron chi connectivity index (χ4n) is 4.17. The number of nitrogens with two attached hydrogens (primary N) is 1. The van der Waals surface area contributed by atoms with Crippen molar-refractivity contribution in [2.45, 2.75) is 51.1 Å². The number of anilines is 1. The number of ether oxygens (including phenoxy) is 1. The van der Waals surface area contributed by atoms with Crippen LogP contribution in [0.2, 0.25) is 0 Å². The Labute approximate surface area is 122 Å². The van der Waals surface area contributed by atoms with Crippen molar-refractivity contribution < 1.29 is 4.74 Å². The molecule has 110 valence electrons. The molecule has 3 rings (SSSR count). The highest BCUT2D eigenvalue weighted by atomic mass is 16.5. The Balaban J connectivity index is 2.00. The summed E-state index contributed by atoms with van der Waals surface area (Å²) in [7, 11) is 1.74. The summed E-state index contributed by atoms with van der Waals surface area (Å²) in [6.07, 6.45) is 6.82. The minimum Gasteiger partial charge on any atom is -0.496 e. The summed E-state index contributed by atoms with van der Waals surface area (Å²) in [6, 6.07) is 7.06. The molecular formula is C17H26N2O. The lowest BCUT2D eigenvalue weighted by molar-refractivity contribution is 0.360. The van der Waals surface area contributed by atoms with Gasteiger partial charge in [-0.3, -0.25) is 0 Å². The van der Waals surface area contributed by atoms with Crippen molar-refractivity contribution in [3.8, 4) is 5.75 Å². The van der Waals surface area contributed by atoms with Crippen LogP contribution in [0, 0.1) is 5.92 Å². The van der Waals surface area contributed by atoms with E-state index in [4.69, 9.17) is 10.5 Å². The molecule has 0 radical (unpaired) electrons. The van der Waals surface area contributed by atoms with Crippen molar-refractivity contribution in [1.29, 1.82) is 0 Å². The third-order valence-corrected chi connectivity index (χ3v) is 5.02. The molecule has 1 aliphatic carbocycles. The average molecular weight is 274 g/mol. The molecular weight excluding hydrogens is 248 g/mol.